The normalized spacial score (nSPS) is 10.8. The van der Waals surface area contributed by atoms with Gasteiger partial charge in [-0.15, -0.1) is 0 Å². The Morgan fingerprint density at radius 3 is 2.88 bits per heavy atom. The second-order valence-electron chi connectivity index (χ2n) is 5.63. The number of para-hydroxylation sites is 1. The number of pyridine rings is 1. The fourth-order valence-electron chi connectivity index (χ4n) is 2.81. The first-order chi connectivity index (χ1) is 11.7. The first-order valence-corrected chi connectivity index (χ1v) is 8.05. The van der Waals surface area contributed by atoms with Gasteiger partial charge in [0.15, 0.2) is 0 Å². The molecular weight excluding hydrogens is 302 g/mol. The van der Waals surface area contributed by atoms with Gasteiger partial charge in [-0.1, -0.05) is 18.2 Å². The number of aromatic nitrogens is 2. The topological polar surface area (TPSA) is 56.1 Å². The van der Waals surface area contributed by atoms with Crippen molar-refractivity contribution >= 4 is 16.9 Å². The molecule has 2 heterocycles. The summed E-state index contributed by atoms with van der Waals surface area (Å²) < 4.78 is 7.53. The van der Waals surface area contributed by atoms with E-state index in [1.54, 1.807) is 6.20 Å². The SMILES string of the molecule is CCOc1ccccc1CNC(=O)Cc1cn(C)c2ncccc12. The van der Waals surface area contributed by atoms with Crippen LogP contribution in [-0.2, 0) is 24.8 Å². The number of rotatable bonds is 6. The van der Waals surface area contributed by atoms with Gasteiger partial charge in [0.1, 0.15) is 11.4 Å². The number of aryl methyl sites for hydroxylation is 1. The second-order valence-corrected chi connectivity index (χ2v) is 5.63. The lowest BCUT2D eigenvalue weighted by Gasteiger charge is -2.10. The van der Waals surface area contributed by atoms with Crippen LogP contribution in [0.4, 0.5) is 0 Å². The molecule has 0 aliphatic carbocycles. The molecule has 1 N–H and O–H groups in total. The van der Waals surface area contributed by atoms with E-state index in [1.807, 2.05) is 61.1 Å². The molecule has 0 spiro atoms. The summed E-state index contributed by atoms with van der Waals surface area (Å²) in [5.41, 5.74) is 2.85. The third-order valence-electron chi connectivity index (χ3n) is 3.92. The summed E-state index contributed by atoms with van der Waals surface area (Å²) >= 11 is 0. The highest BCUT2D eigenvalue weighted by Crippen LogP contribution is 2.20. The number of ether oxygens (including phenoxy) is 1. The van der Waals surface area contributed by atoms with Crippen molar-refractivity contribution in [2.75, 3.05) is 6.61 Å². The van der Waals surface area contributed by atoms with Crippen molar-refractivity contribution in [2.45, 2.75) is 19.9 Å². The van der Waals surface area contributed by atoms with E-state index < -0.39 is 0 Å². The summed E-state index contributed by atoms with van der Waals surface area (Å²) in [4.78, 5) is 16.7. The highest BCUT2D eigenvalue weighted by Gasteiger charge is 2.11. The largest absolute Gasteiger partial charge is 0.494 e. The molecule has 1 amide bonds. The molecule has 124 valence electrons. The lowest BCUT2D eigenvalue weighted by Crippen LogP contribution is -2.24. The van der Waals surface area contributed by atoms with E-state index in [0.717, 1.165) is 27.9 Å². The smallest absolute Gasteiger partial charge is 0.224 e. The van der Waals surface area contributed by atoms with Gasteiger partial charge in [-0.25, -0.2) is 4.98 Å². The maximum Gasteiger partial charge on any atom is 0.224 e. The van der Waals surface area contributed by atoms with Gasteiger partial charge in [0.05, 0.1) is 13.0 Å². The lowest BCUT2D eigenvalue weighted by molar-refractivity contribution is -0.120. The zero-order valence-corrected chi connectivity index (χ0v) is 14.0. The van der Waals surface area contributed by atoms with E-state index in [1.165, 1.54) is 0 Å². The maximum absolute atomic E-state index is 12.3. The number of hydrogen-bond donors (Lipinski definition) is 1. The van der Waals surface area contributed by atoms with Crippen LogP contribution in [0.3, 0.4) is 0 Å². The Hall–Kier alpha value is -2.82. The van der Waals surface area contributed by atoms with E-state index in [-0.39, 0.29) is 5.91 Å². The molecule has 3 aromatic rings. The fraction of sp³-hybridized carbons (Fsp3) is 0.263. The van der Waals surface area contributed by atoms with Gasteiger partial charge in [-0.3, -0.25) is 4.79 Å². The van der Waals surface area contributed by atoms with Crippen molar-refractivity contribution in [2.24, 2.45) is 7.05 Å². The summed E-state index contributed by atoms with van der Waals surface area (Å²) in [7, 11) is 1.94. The van der Waals surface area contributed by atoms with Crippen LogP contribution in [0.5, 0.6) is 5.75 Å². The molecule has 5 heteroatoms. The zero-order chi connectivity index (χ0) is 16.9. The fourth-order valence-corrected chi connectivity index (χ4v) is 2.81. The molecule has 0 radical (unpaired) electrons. The van der Waals surface area contributed by atoms with Gasteiger partial charge in [0.2, 0.25) is 5.91 Å². The van der Waals surface area contributed by atoms with Crippen LogP contribution >= 0.6 is 0 Å². The maximum atomic E-state index is 12.3. The minimum absolute atomic E-state index is 0.0161. The third-order valence-corrected chi connectivity index (χ3v) is 3.92. The average Bonchev–Trinajstić information content (AvgIpc) is 2.91. The Labute approximate surface area is 141 Å². The van der Waals surface area contributed by atoms with Crippen molar-refractivity contribution in [1.29, 1.82) is 0 Å². The van der Waals surface area contributed by atoms with Crippen LogP contribution in [-0.4, -0.2) is 22.1 Å². The van der Waals surface area contributed by atoms with Crippen LogP contribution in [0.2, 0.25) is 0 Å². The quantitative estimate of drug-likeness (QED) is 0.759. The molecule has 2 aromatic heterocycles. The summed E-state index contributed by atoms with van der Waals surface area (Å²) in [6, 6.07) is 11.6. The van der Waals surface area contributed by atoms with Gasteiger partial charge in [0, 0.05) is 36.9 Å². The van der Waals surface area contributed by atoms with Gasteiger partial charge in [-0.05, 0) is 30.7 Å². The molecule has 0 atom stereocenters. The molecule has 0 saturated heterocycles. The zero-order valence-electron chi connectivity index (χ0n) is 14.0. The predicted octanol–water partition coefficient (Wildman–Crippen LogP) is 2.83. The highest BCUT2D eigenvalue weighted by atomic mass is 16.5. The first-order valence-electron chi connectivity index (χ1n) is 8.05. The Bertz CT molecular complexity index is 855. The van der Waals surface area contributed by atoms with Crippen LogP contribution < -0.4 is 10.1 Å². The Morgan fingerprint density at radius 2 is 2.04 bits per heavy atom. The molecular formula is C19H21N3O2. The van der Waals surface area contributed by atoms with Gasteiger partial charge in [0.25, 0.3) is 0 Å². The van der Waals surface area contributed by atoms with E-state index in [2.05, 4.69) is 10.3 Å². The van der Waals surface area contributed by atoms with Crippen molar-refractivity contribution < 1.29 is 9.53 Å². The van der Waals surface area contributed by atoms with Crippen LogP contribution in [0.1, 0.15) is 18.1 Å². The Balaban J connectivity index is 1.68. The number of carbonyl (C=O) groups is 1. The van der Waals surface area contributed by atoms with Crippen molar-refractivity contribution in [1.82, 2.24) is 14.9 Å². The summed E-state index contributed by atoms with van der Waals surface area (Å²) in [6.07, 6.45) is 4.06. The number of fused-ring (bicyclic) bond motifs is 1. The number of benzene rings is 1. The van der Waals surface area contributed by atoms with E-state index >= 15 is 0 Å². The van der Waals surface area contributed by atoms with Crippen LogP contribution in [0.25, 0.3) is 11.0 Å². The van der Waals surface area contributed by atoms with E-state index in [0.29, 0.717) is 19.6 Å². The van der Waals surface area contributed by atoms with E-state index in [9.17, 15) is 4.79 Å². The Morgan fingerprint density at radius 1 is 1.21 bits per heavy atom. The lowest BCUT2D eigenvalue weighted by atomic mass is 10.1. The standard InChI is InChI=1S/C19H21N3O2/c1-3-24-17-9-5-4-7-14(17)12-21-18(23)11-15-13-22(2)19-16(15)8-6-10-20-19/h4-10,13H,3,11-12H2,1-2H3,(H,21,23). The molecule has 5 nitrogen and oxygen atoms in total. The molecule has 0 unspecified atom stereocenters. The van der Waals surface area contributed by atoms with E-state index in [4.69, 9.17) is 4.74 Å². The highest BCUT2D eigenvalue weighted by molar-refractivity contribution is 5.87. The van der Waals surface area contributed by atoms with Gasteiger partial charge < -0.3 is 14.6 Å². The monoisotopic (exact) mass is 323 g/mol. The summed E-state index contributed by atoms with van der Waals surface area (Å²) in [5.74, 6) is 0.798. The van der Waals surface area contributed by atoms with Crippen LogP contribution in [0.15, 0.2) is 48.8 Å². The van der Waals surface area contributed by atoms with Crippen molar-refractivity contribution in [3.8, 4) is 5.75 Å². The first kappa shape index (κ1) is 16.1. The molecule has 0 aliphatic heterocycles. The molecule has 24 heavy (non-hydrogen) atoms. The molecule has 0 bridgehead atoms. The molecule has 0 saturated carbocycles. The van der Waals surface area contributed by atoms with Crippen LogP contribution in [0, 0.1) is 0 Å². The molecule has 3 rings (SSSR count). The van der Waals surface area contributed by atoms with Gasteiger partial charge in [-0.2, -0.15) is 0 Å². The molecule has 0 fully saturated rings. The number of nitrogens with zero attached hydrogens (tertiary/aromatic N) is 2. The average molecular weight is 323 g/mol. The minimum Gasteiger partial charge on any atom is -0.494 e. The van der Waals surface area contributed by atoms with Crippen molar-refractivity contribution in [3.05, 3.63) is 59.9 Å². The number of amides is 1. The molecule has 0 aliphatic rings. The number of hydrogen-bond acceptors (Lipinski definition) is 3. The minimum atomic E-state index is -0.0161. The van der Waals surface area contributed by atoms with Crippen molar-refractivity contribution in [3.63, 3.8) is 0 Å². The molecule has 1 aromatic carbocycles. The summed E-state index contributed by atoms with van der Waals surface area (Å²) in [6.45, 7) is 3.01. The number of carbonyl (C=O) groups excluding carboxylic acids is 1. The third kappa shape index (κ3) is 3.40. The summed E-state index contributed by atoms with van der Waals surface area (Å²) in [5, 5.41) is 3.99. The van der Waals surface area contributed by atoms with Gasteiger partial charge >= 0.3 is 0 Å². The second kappa shape index (κ2) is 7.17. The number of nitrogens with one attached hydrogen (secondary N) is 1. The Kier molecular flexibility index (Phi) is 4.79. The predicted molar refractivity (Wildman–Crippen MR) is 93.9 cm³/mol.